The van der Waals surface area contributed by atoms with Gasteiger partial charge >= 0.3 is 12.1 Å². The molecule has 3 aliphatic heterocycles. The standard InChI is InChI=1S/C20H30F3N3O3/c1-19(20(21,22)23)7-4-15(16-11-24-10-14(16)12-28-2)17(25-19)26-8-5-13(6-9-26)18(27)29-3/h4,13-14,16,24H,5-12H2,1-3H3/t14-,16+,19?/m1/s1. The largest absolute Gasteiger partial charge is 0.469 e. The van der Waals surface area contributed by atoms with Gasteiger partial charge in [0.15, 0.2) is 5.54 Å². The van der Waals surface area contributed by atoms with Crippen LogP contribution in [0, 0.1) is 17.8 Å². The highest BCUT2D eigenvalue weighted by Crippen LogP contribution is 2.42. The molecule has 0 aromatic rings. The number of nitrogens with zero attached hydrogens (tertiary/aromatic N) is 2. The van der Waals surface area contributed by atoms with Gasteiger partial charge in [-0.15, -0.1) is 0 Å². The third-order valence-electron chi connectivity index (χ3n) is 6.39. The molecule has 0 aliphatic carbocycles. The predicted octanol–water partition coefficient (Wildman–Crippen LogP) is 2.40. The van der Waals surface area contributed by atoms with Crippen LogP contribution in [0.4, 0.5) is 13.2 Å². The normalized spacial score (nSPS) is 31.4. The number of alkyl halides is 3. The third-order valence-corrected chi connectivity index (χ3v) is 6.39. The predicted molar refractivity (Wildman–Crippen MR) is 103 cm³/mol. The SMILES string of the molecule is COC[C@H]1CNC[C@@H]1C1=CCC(C)(C(F)(F)F)N=C1N1CCC(C(=O)OC)CC1. The van der Waals surface area contributed by atoms with Gasteiger partial charge in [-0.05, 0) is 31.8 Å². The fraction of sp³-hybridized carbons (Fsp3) is 0.800. The van der Waals surface area contributed by atoms with Gasteiger partial charge in [0, 0.05) is 45.1 Å². The van der Waals surface area contributed by atoms with E-state index in [0.29, 0.717) is 44.9 Å². The molecule has 1 unspecified atom stereocenters. The quantitative estimate of drug-likeness (QED) is 0.712. The zero-order valence-corrected chi connectivity index (χ0v) is 17.2. The van der Waals surface area contributed by atoms with Crippen molar-refractivity contribution in [2.24, 2.45) is 22.7 Å². The number of piperidine rings is 1. The summed E-state index contributed by atoms with van der Waals surface area (Å²) in [7, 11) is 3.00. The van der Waals surface area contributed by atoms with E-state index < -0.39 is 11.7 Å². The summed E-state index contributed by atoms with van der Waals surface area (Å²) in [5.41, 5.74) is -1.26. The highest BCUT2D eigenvalue weighted by molar-refractivity contribution is 6.00. The molecule has 29 heavy (non-hydrogen) atoms. The van der Waals surface area contributed by atoms with E-state index in [0.717, 1.165) is 19.0 Å². The van der Waals surface area contributed by atoms with Gasteiger partial charge in [0.05, 0.1) is 19.6 Å². The van der Waals surface area contributed by atoms with Crippen LogP contribution in [0.5, 0.6) is 0 Å². The van der Waals surface area contributed by atoms with Crippen LogP contribution < -0.4 is 5.32 Å². The lowest BCUT2D eigenvalue weighted by Gasteiger charge is -2.40. The monoisotopic (exact) mass is 417 g/mol. The number of likely N-dealkylation sites (tertiary alicyclic amines) is 1. The first-order valence-electron chi connectivity index (χ1n) is 10.1. The number of halogens is 3. The molecule has 0 aromatic heterocycles. The molecule has 0 bridgehead atoms. The van der Waals surface area contributed by atoms with Crippen molar-refractivity contribution in [1.82, 2.24) is 10.2 Å². The molecule has 0 saturated carbocycles. The topological polar surface area (TPSA) is 63.2 Å². The van der Waals surface area contributed by atoms with Gasteiger partial charge in [-0.2, -0.15) is 13.2 Å². The van der Waals surface area contributed by atoms with Crippen LogP contribution in [0.15, 0.2) is 16.6 Å². The fourth-order valence-electron chi connectivity index (χ4n) is 4.47. The second-order valence-corrected chi connectivity index (χ2v) is 8.34. The Balaban J connectivity index is 1.87. The first-order chi connectivity index (χ1) is 13.7. The molecule has 164 valence electrons. The molecule has 0 amide bonds. The fourth-order valence-corrected chi connectivity index (χ4v) is 4.47. The van der Waals surface area contributed by atoms with E-state index in [-0.39, 0.29) is 30.1 Å². The van der Waals surface area contributed by atoms with Gasteiger partial charge in [0.25, 0.3) is 0 Å². The Morgan fingerprint density at radius 1 is 1.31 bits per heavy atom. The molecule has 0 radical (unpaired) electrons. The van der Waals surface area contributed by atoms with Crippen molar-refractivity contribution in [3.63, 3.8) is 0 Å². The van der Waals surface area contributed by atoms with Crippen molar-refractivity contribution in [1.29, 1.82) is 0 Å². The molecule has 3 rings (SSSR count). The Morgan fingerprint density at radius 2 is 2.00 bits per heavy atom. The number of aliphatic imine (C=N–C) groups is 1. The summed E-state index contributed by atoms with van der Waals surface area (Å²) >= 11 is 0. The molecule has 1 N–H and O–H groups in total. The molecule has 3 heterocycles. The maximum atomic E-state index is 13.7. The molecule has 3 aliphatic rings. The van der Waals surface area contributed by atoms with Crippen LogP contribution in [0.3, 0.4) is 0 Å². The summed E-state index contributed by atoms with van der Waals surface area (Å²) in [5, 5.41) is 3.33. The zero-order chi connectivity index (χ0) is 21.2. The molecular weight excluding hydrogens is 387 g/mol. The van der Waals surface area contributed by atoms with E-state index in [1.807, 2.05) is 4.90 Å². The maximum absolute atomic E-state index is 13.7. The van der Waals surface area contributed by atoms with Crippen molar-refractivity contribution >= 4 is 11.8 Å². The smallest absolute Gasteiger partial charge is 0.413 e. The number of esters is 1. The van der Waals surface area contributed by atoms with Gasteiger partial charge in [0.2, 0.25) is 0 Å². The summed E-state index contributed by atoms with van der Waals surface area (Å²) in [6, 6.07) is 0. The van der Waals surface area contributed by atoms with Crippen molar-refractivity contribution < 1.29 is 27.4 Å². The first-order valence-corrected chi connectivity index (χ1v) is 10.1. The van der Waals surface area contributed by atoms with Crippen LogP contribution in [0.1, 0.15) is 26.2 Å². The third kappa shape index (κ3) is 4.45. The van der Waals surface area contributed by atoms with Crippen molar-refractivity contribution in [2.45, 2.75) is 37.9 Å². The van der Waals surface area contributed by atoms with Crippen LogP contribution in [-0.4, -0.2) is 75.4 Å². The number of dihydropyridines is 1. The molecule has 6 nitrogen and oxygen atoms in total. The van der Waals surface area contributed by atoms with Crippen LogP contribution in [0.2, 0.25) is 0 Å². The Morgan fingerprint density at radius 3 is 2.59 bits per heavy atom. The Bertz CT molecular complexity index is 672. The van der Waals surface area contributed by atoms with Crippen molar-refractivity contribution in [3.05, 3.63) is 11.6 Å². The summed E-state index contributed by atoms with van der Waals surface area (Å²) in [4.78, 5) is 18.0. The highest BCUT2D eigenvalue weighted by Gasteiger charge is 2.53. The minimum atomic E-state index is -4.43. The van der Waals surface area contributed by atoms with Crippen LogP contribution in [-0.2, 0) is 14.3 Å². The lowest BCUT2D eigenvalue weighted by atomic mass is 9.82. The summed E-state index contributed by atoms with van der Waals surface area (Å²) in [6.45, 7) is 4.13. The van der Waals surface area contributed by atoms with Crippen molar-refractivity contribution in [3.8, 4) is 0 Å². The van der Waals surface area contributed by atoms with Gasteiger partial charge < -0.3 is 19.7 Å². The number of amidine groups is 1. The molecular formula is C20H30F3N3O3. The average Bonchev–Trinajstić information content (AvgIpc) is 3.15. The van der Waals surface area contributed by atoms with Gasteiger partial charge in [0.1, 0.15) is 5.84 Å². The minimum absolute atomic E-state index is 0.0600. The summed E-state index contributed by atoms with van der Waals surface area (Å²) in [5.74, 6) is 0.209. The average molecular weight is 417 g/mol. The number of methoxy groups -OCH3 is 2. The molecule has 0 aromatic carbocycles. The molecule has 0 spiro atoms. The Kier molecular flexibility index (Phi) is 6.57. The Hall–Kier alpha value is -1.61. The molecule has 9 heteroatoms. The number of ether oxygens (including phenoxy) is 2. The molecule has 2 fully saturated rings. The van der Waals surface area contributed by atoms with Gasteiger partial charge in [-0.25, -0.2) is 0 Å². The van der Waals surface area contributed by atoms with E-state index in [1.165, 1.54) is 7.11 Å². The maximum Gasteiger partial charge on any atom is 0.413 e. The van der Waals surface area contributed by atoms with Crippen LogP contribution in [0.25, 0.3) is 0 Å². The van der Waals surface area contributed by atoms with Gasteiger partial charge in [-0.1, -0.05) is 6.08 Å². The summed E-state index contributed by atoms with van der Waals surface area (Å²) < 4.78 is 51.3. The second kappa shape index (κ2) is 8.63. The van der Waals surface area contributed by atoms with E-state index in [4.69, 9.17) is 9.47 Å². The number of nitrogens with one attached hydrogen (secondary N) is 1. The minimum Gasteiger partial charge on any atom is -0.469 e. The molecule has 2 saturated heterocycles. The lowest BCUT2D eigenvalue weighted by Crippen LogP contribution is -2.49. The Labute approximate surface area is 169 Å². The number of carbonyl (C=O) groups excluding carboxylic acids is 1. The number of rotatable bonds is 4. The number of hydrogen-bond donors (Lipinski definition) is 1. The molecule has 3 atom stereocenters. The van der Waals surface area contributed by atoms with E-state index in [9.17, 15) is 18.0 Å². The number of carbonyl (C=O) groups is 1. The zero-order valence-electron chi connectivity index (χ0n) is 17.2. The second-order valence-electron chi connectivity index (χ2n) is 8.34. The van der Waals surface area contributed by atoms with Crippen LogP contribution >= 0.6 is 0 Å². The van der Waals surface area contributed by atoms with E-state index in [1.54, 1.807) is 13.2 Å². The summed E-state index contributed by atoms with van der Waals surface area (Å²) in [6.07, 6.45) is -1.77. The lowest BCUT2D eigenvalue weighted by molar-refractivity contribution is -0.179. The highest BCUT2D eigenvalue weighted by atomic mass is 19.4. The van der Waals surface area contributed by atoms with E-state index in [2.05, 4.69) is 10.3 Å². The van der Waals surface area contributed by atoms with Gasteiger partial charge in [-0.3, -0.25) is 9.79 Å². The van der Waals surface area contributed by atoms with E-state index >= 15 is 0 Å². The van der Waals surface area contributed by atoms with Crippen molar-refractivity contribution in [2.75, 3.05) is 47.0 Å². The first kappa shape index (κ1) is 22.1. The number of hydrogen-bond acceptors (Lipinski definition) is 6.